The van der Waals surface area contributed by atoms with E-state index in [2.05, 4.69) is 21.2 Å². The lowest BCUT2D eigenvalue weighted by molar-refractivity contribution is -0.117. The van der Waals surface area contributed by atoms with Gasteiger partial charge in [0.1, 0.15) is 5.82 Å². The SMILES string of the molecule is CCC[C@@H](N)C(=O)Nc1ccc(F)c(Br)c1. The van der Waals surface area contributed by atoms with Crippen LogP contribution in [0, 0.1) is 5.82 Å². The third kappa shape index (κ3) is 3.57. The second-order valence-corrected chi connectivity index (χ2v) is 4.37. The summed E-state index contributed by atoms with van der Waals surface area (Å²) in [6.07, 6.45) is 1.48. The van der Waals surface area contributed by atoms with Crippen molar-refractivity contribution < 1.29 is 9.18 Å². The van der Waals surface area contributed by atoms with Crippen molar-refractivity contribution in [1.82, 2.24) is 0 Å². The monoisotopic (exact) mass is 288 g/mol. The van der Waals surface area contributed by atoms with Crippen LogP contribution in [-0.2, 0) is 4.79 Å². The Labute approximate surface area is 102 Å². The fourth-order valence-electron chi connectivity index (χ4n) is 1.25. The van der Waals surface area contributed by atoms with Crippen LogP contribution in [0.4, 0.5) is 10.1 Å². The van der Waals surface area contributed by atoms with Crippen LogP contribution in [0.1, 0.15) is 19.8 Å². The zero-order chi connectivity index (χ0) is 12.1. The quantitative estimate of drug-likeness (QED) is 0.895. The largest absolute Gasteiger partial charge is 0.325 e. The Balaban J connectivity index is 2.66. The molecule has 0 saturated heterocycles. The summed E-state index contributed by atoms with van der Waals surface area (Å²) in [4.78, 5) is 11.6. The Morgan fingerprint density at radius 2 is 2.31 bits per heavy atom. The minimum absolute atomic E-state index is 0.250. The van der Waals surface area contributed by atoms with E-state index in [1.165, 1.54) is 18.2 Å². The van der Waals surface area contributed by atoms with Crippen LogP contribution in [0.25, 0.3) is 0 Å². The van der Waals surface area contributed by atoms with E-state index in [0.717, 1.165) is 6.42 Å². The number of halogens is 2. The molecule has 1 atom stereocenters. The standard InChI is InChI=1S/C11H14BrFN2O/c1-2-3-10(14)11(16)15-7-4-5-9(13)8(12)6-7/h4-6,10H,2-3,14H2,1H3,(H,15,16)/t10-/m1/s1. The van der Waals surface area contributed by atoms with Crippen molar-refractivity contribution in [3.8, 4) is 0 Å². The number of amides is 1. The van der Waals surface area contributed by atoms with E-state index in [1.807, 2.05) is 6.92 Å². The highest BCUT2D eigenvalue weighted by molar-refractivity contribution is 9.10. The summed E-state index contributed by atoms with van der Waals surface area (Å²) < 4.78 is 13.2. The molecule has 1 rings (SSSR count). The molecule has 0 spiro atoms. The Morgan fingerprint density at radius 3 is 2.88 bits per heavy atom. The maximum Gasteiger partial charge on any atom is 0.241 e. The van der Waals surface area contributed by atoms with Crippen molar-refractivity contribution in [2.45, 2.75) is 25.8 Å². The van der Waals surface area contributed by atoms with Crippen LogP contribution in [0.3, 0.4) is 0 Å². The summed E-state index contributed by atoms with van der Waals surface area (Å²) in [7, 11) is 0. The van der Waals surface area contributed by atoms with Crippen molar-refractivity contribution in [3.63, 3.8) is 0 Å². The number of carbonyl (C=O) groups is 1. The van der Waals surface area contributed by atoms with Crippen LogP contribution >= 0.6 is 15.9 Å². The molecule has 1 aromatic carbocycles. The van der Waals surface area contributed by atoms with E-state index in [-0.39, 0.29) is 11.7 Å². The van der Waals surface area contributed by atoms with Gasteiger partial charge in [-0.05, 0) is 40.5 Å². The van der Waals surface area contributed by atoms with Gasteiger partial charge in [-0.1, -0.05) is 13.3 Å². The number of hydrogen-bond donors (Lipinski definition) is 2. The molecule has 0 saturated carbocycles. The van der Waals surface area contributed by atoms with Gasteiger partial charge in [-0.15, -0.1) is 0 Å². The highest BCUT2D eigenvalue weighted by Gasteiger charge is 2.12. The lowest BCUT2D eigenvalue weighted by Gasteiger charge is -2.11. The third-order valence-electron chi connectivity index (χ3n) is 2.12. The molecular formula is C11H14BrFN2O. The predicted octanol–water partition coefficient (Wildman–Crippen LogP) is 2.65. The van der Waals surface area contributed by atoms with E-state index in [4.69, 9.17) is 5.73 Å². The van der Waals surface area contributed by atoms with Crippen molar-refractivity contribution in [2.75, 3.05) is 5.32 Å². The summed E-state index contributed by atoms with van der Waals surface area (Å²) in [6.45, 7) is 1.96. The van der Waals surface area contributed by atoms with Crippen LogP contribution in [-0.4, -0.2) is 11.9 Å². The van der Waals surface area contributed by atoms with Gasteiger partial charge in [0.05, 0.1) is 10.5 Å². The molecule has 88 valence electrons. The fourth-order valence-corrected chi connectivity index (χ4v) is 1.63. The van der Waals surface area contributed by atoms with Crippen LogP contribution < -0.4 is 11.1 Å². The molecule has 0 fully saturated rings. The van der Waals surface area contributed by atoms with E-state index < -0.39 is 6.04 Å². The average Bonchev–Trinajstić information content (AvgIpc) is 2.24. The molecule has 16 heavy (non-hydrogen) atoms. The molecule has 5 heteroatoms. The molecular weight excluding hydrogens is 275 g/mol. The number of anilines is 1. The highest BCUT2D eigenvalue weighted by Crippen LogP contribution is 2.20. The Hall–Kier alpha value is -0.940. The maximum atomic E-state index is 12.9. The first kappa shape index (κ1) is 13.1. The van der Waals surface area contributed by atoms with Crippen molar-refractivity contribution >= 4 is 27.5 Å². The molecule has 0 aliphatic heterocycles. The topological polar surface area (TPSA) is 55.1 Å². The molecule has 0 bridgehead atoms. The summed E-state index contributed by atoms with van der Waals surface area (Å²) >= 11 is 3.05. The Morgan fingerprint density at radius 1 is 1.62 bits per heavy atom. The number of hydrogen-bond acceptors (Lipinski definition) is 2. The van der Waals surface area contributed by atoms with E-state index in [0.29, 0.717) is 16.6 Å². The lowest BCUT2D eigenvalue weighted by atomic mass is 10.1. The van der Waals surface area contributed by atoms with Gasteiger partial charge in [0, 0.05) is 5.69 Å². The first-order valence-corrected chi connectivity index (χ1v) is 5.85. The minimum atomic E-state index is -0.520. The van der Waals surface area contributed by atoms with Crippen molar-refractivity contribution in [1.29, 1.82) is 0 Å². The van der Waals surface area contributed by atoms with Crippen molar-refractivity contribution in [3.05, 3.63) is 28.5 Å². The first-order valence-electron chi connectivity index (χ1n) is 5.06. The van der Waals surface area contributed by atoms with Gasteiger partial charge >= 0.3 is 0 Å². The van der Waals surface area contributed by atoms with E-state index in [9.17, 15) is 9.18 Å². The fraction of sp³-hybridized carbons (Fsp3) is 0.364. The average molecular weight is 289 g/mol. The second-order valence-electron chi connectivity index (χ2n) is 3.51. The summed E-state index contributed by atoms with van der Waals surface area (Å²) in [5.74, 6) is -0.615. The number of rotatable bonds is 4. The molecule has 0 unspecified atom stereocenters. The van der Waals surface area contributed by atoms with Gasteiger partial charge in [-0.2, -0.15) is 0 Å². The van der Waals surface area contributed by atoms with Gasteiger partial charge in [-0.3, -0.25) is 4.79 Å². The van der Waals surface area contributed by atoms with Gasteiger partial charge < -0.3 is 11.1 Å². The third-order valence-corrected chi connectivity index (χ3v) is 2.73. The predicted molar refractivity (Wildman–Crippen MR) is 65.6 cm³/mol. The van der Waals surface area contributed by atoms with Crippen LogP contribution in [0.2, 0.25) is 0 Å². The Bertz CT molecular complexity index is 384. The van der Waals surface area contributed by atoms with Gasteiger partial charge in [0.15, 0.2) is 0 Å². The number of benzene rings is 1. The summed E-state index contributed by atoms with van der Waals surface area (Å²) in [6, 6.07) is 3.77. The molecule has 0 aromatic heterocycles. The molecule has 0 heterocycles. The zero-order valence-corrected chi connectivity index (χ0v) is 10.6. The van der Waals surface area contributed by atoms with Gasteiger partial charge in [0.2, 0.25) is 5.91 Å². The van der Waals surface area contributed by atoms with Crippen LogP contribution in [0.5, 0.6) is 0 Å². The first-order chi connectivity index (χ1) is 7.54. The normalized spacial score (nSPS) is 12.2. The number of nitrogens with one attached hydrogen (secondary N) is 1. The second kappa shape index (κ2) is 5.96. The summed E-state index contributed by atoms with van der Waals surface area (Å²) in [5.41, 5.74) is 6.18. The van der Waals surface area contributed by atoms with E-state index in [1.54, 1.807) is 0 Å². The highest BCUT2D eigenvalue weighted by atomic mass is 79.9. The van der Waals surface area contributed by atoms with Crippen molar-refractivity contribution in [2.24, 2.45) is 5.73 Å². The van der Waals surface area contributed by atoms with Gasteiger partial charge in [-0.25, -0.2) is 4.39 Å². The lowest BCUT2D eigenvalue weighted by Crippen LogP contribution is -2.35. The Kier molecular flexibility index (Phi) is 4.89. The smallest absolute Gasteiger partial charge is 0.241 e. The molecule has 3 N–H and O–H groups in total. The maximum absolute atomic E-state index is 12.9. The van der Waals surface area contributed by atoms with E-state index >= 15 is 0 Å². The molecule has 1 aromatic rings. The number of carbonyl (C=O) groups excluding carboxylic acids is 1. The van der Waals surface area contributed by atoms with Crippen LogP contribution in [0.15, 0.2) is 22.7 Å². The molecule has 0 aliphatic rings. The molecule has 1 amide bonds. The number of nitrogens with two attached hydrogens (primary N) is 1. The molecule has 0 radical (unpaired) electrons. The zero-order valence-electron chi connectivity index (χ0n) is 8.97. The molecule has 0 aliphatic carbocycles. The molecule has 3 nitrogen and oxygen atoms in total. The minimum Gasteiger partial charge on any atom is -0.325 e. The van der Waals surface area contributed by atoms with Gasteiger partial charge in [0.25, 0.3) is 0 Å². The summed E-state index contributed by atoms with van der Waals surface area (Å²) in [5, 5.41) is 2.63.